The molecule has 0 saturated carbocycles. The summed E-state index contributed by atoms with van der Waals surface area (Å²) >= 11 is 0. The molecule has 34 heavy (non-hydrogen) atoms. The lowest BCUT2D eigenvalue weighted by Gasteiger charge is -2.29. The van der Waals surface area contributed by atoms with Crippen molar-refractivity contribution in [1.82, 2.24) is 4.90 Å². The first-order valence-corrected chi connectivity index (χ1v) is 10.8. The van der Waals surface area contributed by atoms with Gasteiger partial charge in [-0.1, -0.05) is 12.1 Å². The van der Waals surface area contributed by atoms with Crippen molar-refractivity contribution in [3.05, 3.63) is 59.2 Å². The predicted molar refractivity (Wildman–Crippen MR) is 121 cm³/mol. The molecule has 2 aromatic rings. The Bertz CT molecular complexity index is 1130. The van der Waals surface area contributed by atoms with E-state index in [1.807, 2.05) is 6.07 Å². The average molecular weight is 475 g/mol. The van der Waals surface area contributed by atoms with Crippen LogP contribution < -0.4 is 15.4 Å². The van der Waals surface area contributed by atoms with Crippen LogP contribution in [0.3, 0.4) is 0 Å². The van der Waals surface area contributed by atoms with Crippen molar-refractivity contribution in [2.45, 2.75) is 25.6 Å². The van der Waals surface area contributed by atoms with Crippen molar-refractivity contribution in [2.24, 2.45) is 0 Å². The summed E-state index contributed by atoms with van der Waals surface area (Å²) in [6, 6.07) is 8.29. The van der Waals surface area contributed by atoms with Gasteiger partial charge in [-0.25, -0.2) is 4.79 Å². The minimum absolute atomic E-state index is 0.112. The van der Waals surface area contributed by atoms with Crippen LogP contribution in [-0.4, -0.2) is 43.7 Å². The van der Waals surface area contributed by atoms with E-state index >= 15 is 0 Å². The molecule has 0 radical (unpaired) electrons. The molecule has 0 fully saturated rings. The second kappa shape index (κ2) is 9.76. The fraction of sp³-hybridized carbons (Fsp3) is 0.333. The number of hydrogen-bond acceptors (Lipinski definition) is 4. The van der Waals surface area contributed by atoms with Gasteiger partial charge in [-0.05, 0) is 48.2 Å². The second-order valence-electron chi connectivity index (χ2n) is 8.04. The van der Waals surface area contributed by atoms with E-state index in [0.29, 0.717) is 55.0 Å². The highest BCUT2D eigenvalue weighted by Gasteiger charge is 2.32. The zero-order chi connectivity index (χ0) is 24.3. The number of alkyl halides is 3. The number of methoxy groups -OCH3 is 1. The molecule has 2 N–H and O–H groups in total. The molecule has 0 unspecified atom stereocenters. The lowest BCUT2D eigenvalue weighted by molar-refractivity contribution is -0.137. The zero-order valence-corrected chi connectivity index (χ0v) is 18.5. The number of rotatable bonds is 5. The van der Waals surface area contributed by atoms with Gasteiger partial charge in [0.05, 0.1) is 18.8 Å². The quantitative estimate of drug-likeness (QED) is 0.604. The number of anilines is 2. The van der Waals surface area contributed by atoms with E-state index in [9.17, 15) is 22.8 Å². The normalized spacial score (nSPS) is 16.8. The Hall–Kier alpha value is -3.53. The van der Waals surface area contributed by atoms with Gasteiger partial charge in [-0.15, -0.1) is 0 Å². The van der Waals surface area contributed by atoms with Gasteiger partial charge in [0.15, 0.2) is 0 Å². The van der Waals surface area contributed by atoms with Crippen LogP contribution in [0, 0.1) is 0 Å². The Morgan fingerprint density at radius 3 is 2.85 bits per heavy atom. The maximum absolute atomic E-state index is 13.1. The van der Waals surface area contributed by atoms with E-state index in [-0.39, 0.29) is 18.4 Å². The molecule has 0 bridgehead atoms. The van der Waals surface area contributed by atoms with E-state index in [2.05, 4.69) is 10.6 Å². The second-order valence-corrected chi connectivity index (χ2v) is 8.04. The Morgan fingerprint density at radius 2 is 2.09 bits per heavy atom. The number of urea groups is 1. The number of allylic oxidation sites excluding steroid dienone is 1. The molecule has 180 valence electrons. The van der Waals surface area contributed by atoms with Crippen LogP contribution in [-0.2, 0) is 22.3 Å². The molecule has 2 aliphatic rings. The zero-order valence-electron chi connectivity index (χ0n) is 18.5. The Balaban J connectivity index is 1.50. The van der Waals surface area contributed by atoms with E-state index in [1.165, 1.54) is 12.1 Å². The van der Waals surface area contributed by atoms with Crippen LogP contribution in [0.4, 0.5) is 29.3 Å². The molecule has 3 amide bonds. The molecule has 0 spiro atoms. The standard InChI is InChI=1S/C24H24F3N3O4/c1-33-10-8-30-14-16-4-6-18(13-20(16)29-23(30)32)28-22(31)11-15-3-2-9-34-21-12-17(24(25,26)27)5-7-19(15)21/h4-7,11-13H,2-3,8-10,14H2,1H3,(H,28,31)(H,29,32). The number of benzene rings is 2. The van der Waals surface area contributed by atoms with Gasteiger partial charge in [0, 0.05) is 43.2 Å². The van der Waals surface area contributed by atoms with Gasteiger partial charge in [-0.3, -0.25) is 4.79 Å². The molecule has 4 rings (SSSR count). The molecule has 2 aromatic carbocycles. The summed E-state index contributed by atoms with van der Waals surface area (Å²) in [5, 5.41) is 5.57. The molecule has 10 heteroatoms. The fourth-order valence-electron chi connectivity index (χ4n) is 3.91. The molecular formula is C24H24F3N3O4. The highest BCUT2D eigenvalue weighted by atomic mass is 19.4. The lowest BCUT2D eigenvalue weighted by Crippen LogP contribution is -2.40. The minimum Gasteiger partial charge on any atom is -0.493 e. The monoisotopic (exact) mass is 475 g/mol. The summed E-state index contributed by atoms with van der Waals surface area (Å²) in [7, 11) is 1.57. The van der Waals surface area contributed by atoms with Crippen LogP contribution >= 0.6 is 0 Å². The first-order valence-electron chi connectivity index (χ1n) is 10.8. The summed E-state index contributed by atoms with van der Waals surface area (Å²) in [6.45, 7) is 1.58. The third kappa shape index (κ3) is 5.33. The largest absolute Gasteiger partial charge is 0.493 e. The molecule has 2 aliphatic heterocycles. The predicted octanol–water partition coefficient (Wildman–Crippen LogP) is 4.89. The summed E-state index contributed by atoms with van der Waals surface area (Å²) < 4.78 is 49.7. The van der Waals surface area contributed by atoms with Gasteiger partial charge in [0.2, 0.25) is 5.91 Å². The number of carbonyl (C=O) groups is 2. The van der Waals surface area contributed by atoms with E-state index in [1.54, 1.807) is 24.1 Å². The van der Waals surface area contributed by atoms with Gasteiger partial charge in [-0.2, -0.15) is 13.2 Å². The van der Waals surface area contributed by atoms with Crippen molar-refractivity contribution >= 4 is 28.9 Å². The number of nitrogens with one attached hydrogen (secondary N) is 2. The van der Waals surface area contributed by atoms with Crippen molar-refractivity contribution in [2.75, 3.05) is 37.5 Å². The van der Waals surface area contributed by atoms with E-state index in [4.69, 9.17) is 9.47 Å². The summed E-state index contributed by atoms with van der Waals surface area (Å²) in [4.78, 5) is 26.6. The SMILES string of the molecule is COCCN1Cc2ccc(NC(=O)C=C3CCCOc4cc(C(F)(F)F)ccc43)cc2NC1=O. The van der Waals surface area contributed by atoms with E-state index in [0.717, 1.165) is 17.7 Å². The van der Waals surface area contributed by atoms with Crippen LogP contribution in [0.5, 0.6) is 5.75 Å². The molecule has 0 atom stereocenters. The smallest absolute Gasteiger partial charge is 0.416 e. The molecule has 0 saturated heterocycles. The Morgan fingerprint density at radius 1 is 1.26 bits per heavy atom. The molecule has 7 nitrogen and oxygen atoms in total. The number of halogens is 3. The third-order valence-corrected chi connectivity index (χ3v) is 5.64. The first kappa shape index (κ1) is 23.6. The van der Waals surface area contributed by atoms with E-state index < -0.39 is 17.6 Å². The number of carbonyl (C=O) groups excluding carboxylic acids is 2. The molecule has 0 aliphatic carbocycles. The highest BCUT2D eigenvalue weighted by molar-refractivity contribution is 6.05. The molecule has 2 heterocycles. The summed E-state index contributed by atoms with van der Waals surface area (Å²) in [6.07, 6.45) is -2.04. The van der Waals surface area contributed by atoms with Gasteiger partial charge in [0.1, 0.15) is 5.75 Å². The topological polar surface area (TPSA) is 79.9 Å². The molecular weight excluding hydrogens is 451 g/mol. The minimum atomic E-state index is -4.48. The van der Waals surface area contributed by atoms with Crippen molar-refractivity contribution in [3.8, 4) is 5.75 Å². The van der Waals surface area contributed by atoms with Crippen molar-refractivity contribution in [1.29, 1.82) is 0 Å². The molecule has 0 aromatic heterocycles. The van der Waals surface area contributed by atoms with Gasteiger partial charge >= 0.3 is 12.2 Å². The Labute approximate surface area is 194 Å². The van der Waals surface area contributed by atoms with Crippen molar-refractivity contribution in [3.63, 3.8) is 0 Å². The maximum atomic E-state index is 13.1. The third-order valence-electron chi connectivity index (χ3n) is 5.64. The number of nitrogens with zero attached hydrogens (tertiary/aromatic N) is 1. The number of hydrogen-bond donors (Lipinski definition) is 2. The van der Waals surface area contributed by atoms with Crippen LogP contribution in [0.25, 0.3) is 5.57 Å². The fourth-order valence-corrected chi connectivity index (χ4v) is 3.91. The first-order chi connectivity index (χ1) is 16.2. The van der Waals surface area contributed by atoms with Crippen LogP contribution in [0.2, 0.25) is 0 Å². The van der Waals surface area contributed by atoms with Crippen molar-refractivity contribution < 1.29 is 32.2 Å². The average Bonchev–Trinajstić information content (AvgIpc) is 2.98. The number of fused-ring (bicyclic) bond motifs is 2. The number of ether oxygens (including phenoxy) is 2. The van der Waals surface area contributed by atoms with Crippen LogP contribution in [0.15, 0.2) is 42.5 Å². The summed E-state index contributed by atoms with van der Waals surface area (Å²) in [5.41, 5.74) is 2.27. The van der Waals surface area contributed by atoms with Gasteiger partial charge in [0.25, 0.3) is 0 Å². The summed E-state index contributed by atoms with van der Waals surface area (Å²) in [5.74, 6) is -0.313. The van der Waals surface area contributed by atoms with Gasteiger partial charge < -0.3 is 25.0 Å². The Kier molecular flexibility index (Phi) is 6.78. The lowest BCUT2D eigenvalue weighted by atomic mass is 9.99. The number of amides is 3. The maximum Gasteiger partial charge on any atom is 0.416 e. The van der Waals surface area contributed by atoms with Crippen LogP contribution in [0.1, 0.15) is 29.5 Å². The highest BCUT2D eigenvalue weighted by Crippen LogP contribution is 2.38.